The van der Waals surface area contributed by atoms with E-state index >= 15 is 0 Å². The Labute approximate surface area is 64.3 Å². The lowest BCUT2D eigenvalue weighted by Gasteiger charge is -2.27. The fourth-order valence-electron chi connectivity index (χ4n) is 0.854. The van der Waals surface area contributed by atoms with Crippen molar-refractivity contribution in [2.45, 2.75) is 39.8 Å². The summed E-state index contributed by atoms with van der Waals surface area (Å²) in [5.74, 6) is 0. The zero-order valence-electron chi connectivity index (χ0n) is 6.96. The average molecular weight is 165 g/mol. The van der Waals surface area contributed by atoms with Crippen LogP contribution in [0.25, 0.3) is 0 Å². The molecule has 0 spiro atoms. The van der Waals surface area contributed by atoms with Crippen LogP contribution < -0.4 is 0 Å². The van der Waals surface area contributed by atoms with E-state index in [2.05, 4.69) is 0 Å². The molecule has 0 bridgehead atoms. The second kappa shape index (κ2) is 5.03. The van der Waals surface area contributed by atoms with E-state index in [1.807, 2.05) is 27.7 Å². The van der Waals surface area contributed by atoms with Crippen LogP contribution in [0.1, 0.15) is 27.7 Å². The van der Waals surface area contributed by atoms with Crippen molar-refractivity contribution in [3.63, 3.8) is 0 Å². The lowest BCUT2D eigenvalue weighted by Crippen LogP contribution is -2.34. The molecule has 0 aliphatic carbocycles. The van der Waals surface area contributed by atoms with E-state index in [1.165, 1.54) is 0 Å². The van der Waals surface area contributed by atoms with Crippen LogP contribution in [0.5, 0.6) is 0 Å². The zero-order valence-corrected chi connectivity index (χ0v) is 7.96. The van der Waals surface area contributed by atoms with Crippen molar-refractivity contribution in [2.75, 3.05) is 0 Å². The van der Waals surface area contributed by atoms with E-state index in [0.717, 1.165) is 0 Å². The minimum absolute atomic E-state index is 0.319. The Morgan fingerprint density at radius 1 is 1.20 bits per heavy atom. The topological polar surface area (TPSA) is 32.7 Å². The van der Waals surface area contributed by atoms with Crippen molar-refractivity contribution in [3.05, 3.63) is 0 Å². The molecule has 4 heteroatoms. The van der Waals surface area contributed by atoms with Crippen LogP contribution >= 0.6 is 9.03 Å². The number of rotatable bonds is 4. The molecule has 62 valence electrons. The molecule has 0 aromatic heterocycles. The third kappa shape index (κ3) is 3.47. The Hall–Kier alpha value is 0.310. The summed E-state index contributed by atoms with van der Waals surface area (Å²) in [5.41, 5.74) is 0. The van der Waals surface area contributed by atoms with E-state index in [0.29, 0.717) is 12.1 Å². The lowest BCUT2D eigenvalue weighted by atomic mass is 10.3. The summed E-state index contributed by atoms with van der Waals surface area (Å²) in [7, 11) is -0.450. The summed E-state index contributed by atoms with van der Waals surface area (Å²) in [4.78, 5) is 8.50. The van der Waals surface area contributed by atoms with Gasteiger partial charge in [0.05, 0.1) is 0 Å². The van der Waals surface area contributed by atoms with Gasteiger partial charge in [-0.05, 0) is 27.7 Å². The Kier molecular flexibility index (Phi) is 5.18. The molecule has 0 aromatic carbocycles. The van der Waals surface area contributed by atoms with Crippen molar-refractivity contribution >= 4 is 9.03 Å². The molecular weight excluding hydrogens is 149 g/mol. The molecule has 10 heavy (non-hydrogen) atoms. The van der Waals surface area contributed by atoms with Gasteiger partial charge in [-0.25, -0.2) is 0 Å². The van der Waals surface area contributed by atoms with Gasteiger partial charge in [0.2, 0.25) is 0 Å². The Balaban J connectivity index is 3.73. The van der Waals surface area contributed by atoms with Crippen molar-refractivity contribution in [1.82, 2.24) is 5.06 Å². The summed E-state index contributed by atoms with van der Waals surface area (Å²) in [6.45, 7) is 8.11. The Morgan fingerprint density at radius 3 is 1.70 bits per heavy atom. The molecule has 0 saturated carbocycles. The van der Waals surface area contributed by atoms with Crippen molar-refractivity contribution in [3.8, 4) is 0 Å². The molecule has 0 heterocycles. The molecule has 0 aromatic rings. The number of hydrogen-bond acceptors (Lipinski definition) is 3. The number of hydrogen-bond donors (Lipinski definition) is 1. The summed E-state index contributed by atoms with van der Waals surface area (Å²) in [5, 5.41) is 1.78. The molecule has 1 N–H and O–H groups in total. The van der Waals surface area contributed by atoms with Crippen molar-refractivity contribution in [1.29, 1.82) is 0 Å². The number of nitrogens with zero attached hydrogens (tertiary/aromatic N) is 1. The highest BCUT2D eigenvalue weighted by Crippen LogP contribution is 2.14. The zero-order chi connectivity index (χ0) is 8.15. The first-order valence-electron chi connectivity index (χ1n) is 3.44. The first kappa shape index (κ1) is 10.3. The molecule has 0 aliphatic rings. The summed E-state index contributed by atoms with van der Waals surface area (Å²) < 4.78 is 4.98. The predicted molar refractivity (Wildman–Crippen MR) is 43.7 cm³/mol. The maximum Gasteiger partial charge on any atom is 0.175 e. The van der Waals surface area contributed by atoms with Gasteiger partial charge in [0, 0.05) is 12.1 Å². The van der Waals surface area contributed by atoms with E-state index in [9.17, 15) is 0 Å². The first-order chi connectivity index (χ1) is 4.59. The molecule has 1 atom stereocenters. The Bertz CT molecular complexity index is 79.8. The highest BCUT2D eigenvalue weighted by atomic mass is 31.1. The molecule has 0 saturated heterocycles. The summed E-state index contributed by atoms with van der Waals surface area (Å²) >= 11 is 0. The standard InChI is InChI=1S/C6H16NO2P/c1-5(2)7(6(3)4)9-10-8/h5-6,8,10H,1-4H3. The highest BCUT2D eigenvalue weighted by molar-refractivity contribution is 7.24. The van der Waals surface area contributed by atoms with Crippen LogP contribution in [0.4, 0.5) is 0 Å². The second-order valence-corrected chi connectivity index (χ2v) is 3.10. The van der Waals surface area contributed by atoms with Gasteiger partial charge in [-0.15, -0.1) is 0 Å². The third-order valence-electron chi connectivity index (χ3n) is 1.16. The monoisotopic (exact) mass is 165 g/mol. The Morgan fingerprint density at radius 2 is 1.60 bits per heavy atom. The third-order valence-corrected chi connectivity index (χ3v) is 1.46. The summed E-state index contributed by atoms with van der Waals surface area (Å²) in [6, 6.07) is 0.638. The minimum atomic E-state index is -0.450. The SMILES string of the molecule is CC(C)N(OPO)C(C)C. The normalized spacial score (nSPS) is 13.2. The van der Waals surface area contributed by atoms with E-state index in [-0.39, 0.29) is 0 Å². The van der Waals surface area contributed by atoms with Crippen LogP contribution in [0, 0.1) is 0 Å². The quantitative estimate of drug-likeness (QED) is 0.506. The van der Waals surface area contributed by atoms with Gasteiger partial charge in [-0.3, -0.25) is 4.62 Å². The van der Waals surface area contributed by atoms with Crippen molar-refractivity contribution in [2.24, 2.45) is 0 Å². The first-order valence-corrected chi connectivity index (χ1v) is 4.29. The molecule has 1 unspecified atom stereocenters. The van der Waals surface area contributed by atoms with Crippen LogP contribution in [-0.4, -0.2) is 22.0 Å². The lowest BCUT2D eigenvalue weighted by molar-refractivity contribution is -0.105. The van der Waals surface area contributed by atoms with Gasteiger partial charge in [0.1, 0.15) is 0 Å². The van der Waals surface area contributed by atoms with Crippen LogP contribution in [0.15, 0.2) is 0 Å². The predicted octanol–water partition coefficient (Wildman–Crippen LogP) is 1.54. The van der Waals surface area contributed by atoms with Crippen LogP contribution in [0.3, 0.4) is 0 Å². The van der Waals surface area contributed by atoms with Gasteiger partial charge in [-0.2, -0.15) is 5.06 Å². The molecule has 3 nitrogen and oxygen atoms in total. The van der Waals surface area contributed by atoms with E-state index < -0.39 is 9.03 Å². The van der Waals surface area contributed by atoms with Gasteiger partial charge in [0.15, 0.2) is 9.03 Å². The molecule has 0 amide bonds. The smallest absolute Gasteiger partial charge is 0.175 e. The largest absolute Gasteiger partial charge is 0.351 e. The minimum Gasteiger partial charge on any atom is -0.351 e. The van der Waals surface area contributed by atoms with Gasteiger partial charge in [0.25, 0.3) is 0 Å². The molecule has 0 rings (SSSR count). The van der Waals surface area contributed by atoms with Gasteiger partial charge >= 0.3 is 0 Å². The molecule has 0 fully saturated rings. The van der Waals surface area contributed by atoms with Crippen LogP contribution in [0.2, 0.25) is 0 Å². The highest BCUT2D eigenvalue weighted by Gasteiger charge is 2.12. The second-order valence-electron chi connectivity index (χ2n) is 2.73. The maximum absolute atomic E-state index is 8.50. The van der Waals surface area contributed by atoms with Gasteiger partial charge < -0.3 is 4.89 Å². The van der Waals surface area contributed by atoms with E-state index in [1.54, 1.807) is 5.06 Å². The summed E-state index contributed by atoms with van der Waals surface area (Å²) in [6.07, 6.45) is 0. The van der Waals surface area contributed by atoms with E-state index in [4.69, 9.17) is 9.52 Å². The average Bonchev–Trinajstić information content (AvgIpc) is 1.81. The fraction of sp³-hybridized carbons (Fsp3) is 1.00. The molecule has 0 radical (unpaired) electrons. The molecular formula is C6H16NO2P. The van der Waals surface area contributed by atoms with Crippen LogP contribution in [-0.2, 0) is 4.62 Å². The molecule has 0 aliphatic heterocycles. The maximum atomic E-state index is 8.50. The van der Waals surface area contributed by atoms with Crippen molar-refractivity contribution < 1.29 is 9.52 Å². The number of hydroxylamine groups is 2. The fourth-order valence-corrected chi connectivity index (χ4v) is 1.37. The van der Waals surface area contributed by atoms with Gasteiger partial charge in [-0.1, -0.05) is 0 Å².